The number of aliphatic imine (C=N–C) groups is 1. The zero-order valence-corrected chi connectivity index (χ0v) is 56.2. The summed E-state index contributed by atoms with van der Waals surface area (Å²) in [6, 6.07) is 16.4. The highest BCUT2D eigenvalue weighted by molar-refractivity contribution is 6.05. The lowest BCUT2D eigenvalue weighted by atomic mass is 10.0. The molecule has 0 radical (unpaired) electrons. The molecule has 6 N–H and O–H groups in total. The third kappa shape index (κ3) is 23.4. The SMILES string of the molecule is CC(C)(C)OC(=O)N1CCC(N)CC1.CC(C)(C)OC(=O)N1CCC(n2cnnc2-c2cccc(N)n2)CC1.CN(C)C=Nc1cccc(C(=O)N/N=C/N(C)C)n1.COc1nn(C)cc1C(=O)Nc1cccc(-c2nncn2C2CCN(C(=O)OC(C)(C)C)CC2)n1. The standard InChI is InChI=1S/C23H30N8O4.C17H24N6O2.C12H18N6O.C10H20N2O2/c1-23(2,3)35-22(33)30-11-9-15(10-12-30)31-14-24-27-19(31)17-7-6-8-18(25-17)26-20(32)16-13-29(4)28-21(16)34-5;1-17(2,3)25-16(24)22-9-7-12(8-10-22)23-11-19-21-15(23)13-5-4-6-14(18)20-13;1-17(2)8-13-11-7-5-6-10(15-11)12(19)16-14-9-18(3)4;1-10(2,3)14-9(13)12-6-4-8(11)5-7-12/h6-8,13-15H,9-12H2,1-5H3,(H,25,26,32);4-6,11-12H,7-10H2,1-3H3,(H2,18,20);5-9H,1-4H3,(H,16,19);8H,4-7,11H2,1-3H3/b;;13-8?,14-9+;. The van der Waals surface area contributed by atoms with Gasteiger partial charge in [-0.15, -0.1) is 25.5 Å². The lowest BCUT2D eigenvalue weighted by Gasteiger charge is -2.34. The molecule has 5 amide bonds. The Hall–Kier alpha value is -9.81. The Morgan fingerprint density at radius 2 is 1.08 bits per heavy atom. The van der Waals surface area contributed by atoms with Crippen LogP contribution in [0, 0.1) is 0 Å². The average molecular weight is 1290 g/mol. The van der Waals surface area contributed by atoms with Crippen LogP contribution in [0.15, 0.2) is 83.5 Å². The maximum absolute atomic E-state index is 12.7. The van der Waals surface area contributed by atoms with Gasteiger partial charge in [0.05, 0.1) is 13.4 Å². The molecule has 93 heavy (non-hydrogen) atoms. The molecule has 0 saturated carbocycles. The summed E-state index contributed by atoms with van der Waals surface area (Å²) in [5.74, 6) is 2.06. The van der Waals surface area contributed by atoms with E-state index in [2.05, 4.69) is 61.3 Å². The van der Waals surface area contributed by atoms with Crippen LogP contribution < -0.4 is 26.9 Å². The first-order chi connectivity index (χ1) is 43.8. The molecule has 9 heterocycles. The highest BCUT2D eigenvalue weighted by atomic mass is 16.6. The lowest BCUT2D eigenvalue weighted by molar-refractivity contribution is 0.0178. The van der Waals surface area contributed by atoms with E-state index < -0.39 is 16.8 Å². The Bertz CT molecular complexity index is 3460. The topological polar surface area (TPSA) is 357 Å². The minimum absolute atomic E-state index is 0.110. The summed E-state index contributed by atoms with van der Waals surface area (Å²) in [6.07, 6.45) is 12.2. The van der Waals surface area contributed by atoms with E-state index in [0.29, 0.717) is 72.2 Å². The van der Waals surface area contributed by atoms with Crippen LogP contribution >= 0.6 is 0 Å². The van der Waals surface area contributed by atoms with Gasteiger partial charge in [-0.3, -0.25) is 14.3 Å². The number of anilines is 2. The van der Waals surface area contributed by atoms with E-state index in [9.17, 15) is 24.0 Å². The molecule has 31 heteroatoms. The van der Waals surface area contributed by atoms with Crippen LogP contribution in [0.4, 0.5) is 31.8 Å². The first-order valence-corrected chi connectivity index (χ1v) is 30.6. The second-order valence-electron chi connectivity index (χ2n) is 25.6. The molecule has 3 fully saturated rings. The second kappa shape index (κ2) is 33.0. The van der Waals surface area contributed by atoms with Gasteiger partial charge in [0, 0.05) is 98.8 Å². The van der Waals surface area contributed by atoms with Crippen molar-refractivity contribution in [3.63, 3.8) is 0 Å². The fourth-order valence-corrected chi connectivity index (χ4v) is 9.32. The van der Waals surface area contributed by atoms with Gasteiger partial charge < -0.3 is 69.4 Å². The number of pyridine rings is 3. The van der Waals surface area contributed by atoms with E-state index in [0.717, 1.165) is 51.6 Å². The molecule has 3 aliphatic heterocycles. The number of nitrogens with two attached hydrogens (primary N) is 2. The van der Waals surface area contributed by atoms with Crippen molar-refractivity contribution in [2.24, 2.45) is 22.9 Å². The number of hydrazone groups is 1. The summed E-state index contributed by atoms with van der Waals surface area (Å²) < 4.78 is 26.9. The number of rotatable bonds is 12. The number of methoxy groups -OCH3 is 1. The van der Waals surface area contributed by atoms with E-state index in [1.54, 1.807) is 93.1 Å². The summed E-state index contributed by atoms with van der Waals surface area (Å²) in [5, 5.41) is 27.3. The number of carbonyl (C=O) groups excluding carboxylic acids is 5. The highest BCUT2D eigenvalue weighted by Crippen LogP contribution is 2.30. The number of piperidine rings is 3. The number of ether oxygens (including phenoxy) is 4. The largest absolute Gasteiger partial charge is 0.479 e. The van der Waals surface area contributed by atoms with Gasteiger partial charge in [-0.2, -0.15) is 5.10 Å². The molecule has 31 nitrogen and oxygen atoms in total. The predicted molar refractivity (Wildman–Crippen MR) is 352 cm³/mol. The maximum atomic E-state index is 12.7. The number of likely N-dealkylation sites (tertiary alicyclic amines) is 3. The molecule has 6 aromatic heterocycles. The number of hydrogen-bond donors (Lipinski definition) is 4. The van der Waals surface area contributed by atoms with Crippen LogP contribution in [0.3, 0.4) is 0 Å². The summed E-state index contributed by atoms with van der Waals surface area (Å²) in [5.41, 5.74) is 14.3. The average Bonchev–Trinajstić information content (AvgIpc) is 1.78. The Kier molecular flexibility index (Phi) is 25.6. The third-order valence-electron chi connectivity index (χ3n) is 13.7. The van der Waals surface area contributed by atoms with Crippen LogP contribution in [0.1, 0.15) is 134 Å². The van der Waals surface area contributed by atoms with Crippen LogP contribution in [0.25, 0.3) is 23.0 Å². The number of amides is 5. The molecule has 6 aromatic rings. The molecule has 504 valence electrons. The van der Waals surface area contributed by atoms with Crippen LogP contribution in [-0.4, -0.2) is 219 Å². The molecule has 0 aromatic carbocycles. The van der Waals surface area contributed by atoms with Gasteiger partial charge in [0.2, 0.25) is 5.88 Å². The number of aromatic nitrogens is 11. The molecule has 0 spiro atoms. The predicted octanol–water partition coefficient (Wildman–Crippen LogP) is 7.28. The fourth-order valence-electron chi connectivity index (χ4n) is 9.32. The summed E-state index contributed by atoms with van der Waals surface area (Å²) >= 11 is 0. The number of hydrogen-bond acceptors (Lipinski definition) is 21. The van der Waals surface area contributed by atoms with Gasteiger partial charge in [-0.1, -0.05) is 18.2 Å². The molecule has 3 saturated heterocycles. The molecule has 0 atom stereocenters. The minimum atomic E-state index is -0.524. The number of nitrogen functional groups attached to an aromatic ring is 1. The van der Waals surface area contributed by atoms with Gasteiger partial charge in [-0.05, 0) is 137 Å². The highest BCUT2D eigenvalue weighted by Gasteiger charge is 2.32. The van der Waals surface area contributed by atoms with Crippen molar-refractivity contribution >= 4 is 60.2 Å². The van der Waals surface area contributed by atoms with E-state index in [4.69, 9.17) is 30.4 Å². The molecular formula is C62H92N22O9. The first-order valence-electron chi connectivity index (χ1n) is 30.6. The van der Waals surface area contributed by atoms with Crippen molar-refractivity contribution in [3.8, 4) is 28.9 Å². The quantitative estimate of drug-likeness (QED) is 0.0404. The van der Waals surface area contributed by atoms with Gasteiger partial charge in [-0.25, -0.2) is 39.8 Å². The van der Waals surface area contributed by atoms with Crippen molar-refractivity contribution < 1.29 is 42.9 Å². The zero-order chi connectivity index (χ0) is 68.2. The summed E-state index contributed by atoms with van der Waals surface area (Å²) in [7, 11) is 10.5. The van der Waals surface area contributed by atoms with E-state index in [1.165, 1.54) is 18.1 Å². The fraction of sp³-hybridized carbons (Fsp3) is 0.532. The smallest absolute Gasteiger partial charge is 0.410 e. The van der Waals surface area contributed by atoms with Gasteiger partial charge in [0.25, 0.3) is 11.8 Å². The van der Waals surface area contributed by atoms with E-state index in [1.807, 2.05) is 118 Å². The molecule has 0 bridgehead atoms. The Morgan fingerprint density at radius 3 is 1.54 bits per heavy atom. The maximum Gasteiger partial charge on any atom is 0.410 e. The Balaban J connectivity index is 0.000000208. The van der Waals surface area contributed by atoms with Crippen LogP contribution in [0.2, 0.25) is 0 Å². The second-order valence-corrected chi connectivity index (χ2v) is 25.6. The van der Waals surface area contributed by atoms with Crippen LogP contribution in [0.5, 0.6) is 5.88 Å². The van der Waals surface area contributed by atoms with Crippen molar-refractivity contribution in [2.45, 2.75) is 136 Å². The molecule has 9 rings (SSSR count). The van der Waals surface area contributed by atoms with Gasteiger partial charge in [0.1, 0.15) is 70.1 Å². The van der Waals surface area contributed by atoms with Crippen molar-refractivity contribution in [2.75, 3.05) is 85.6 Å². The number of carbonyl (C=O) groups is 5. The van der Waals surface area contributed by atoms with Gasteiger partial charge >= 0.3 is 18.3 Å². The monoisotopic (exact) mass is 1290 g/mol. The first kappa shape index (κ1) is 72.3. The lowest BCUT2D eigenvalue weighted by Crippen LogP contribution is -2.44. The van der Waals surface area contributed by atoms with Crippen molar-refractivity contribution in [3.05, 3.63) is 84.7 Å². The number of nitrogens with zero attached hydrogens (tertiary/aromatic N) is 18. The molecule has 0 aliphatic carbocycles. The third-order valence-corrected chi connectivity index (χ3v) is 13.7. The zero-order valence-electron chi connectivity index (χ0n) is 56.2. The molecule has 3 aliphatic rings. The van der Waals surface area contributed by atoms with Crippen molar-refractivity contribution in [1.29, 1.82) is 0 Å². The molecular weight excluding hydrogens is 1200 g/mol. The summed E-state index contributed by atoms with van der Waals surface area (Å²) in [4.78, 5) is 86.5. The van der Waals surface area contributed by atoms with E-state index >= 15 is 0 Å². The summed E-state index contributed by atoms with van der Waals surface area (Å²) in [6.45, 7) is 20.7. The molecule has 0 unspecified atom stereocenters. The minimum Gasteiger partial charge on any atom is -0.479 e. The Morgan fingerprint density at radius 1 is 0.613 bits per heavy atom. The normalized spacial score (nSPS) is 15.0. The van der Waals surface area contributed by atoms with Crippen molar-refractivity contribution in [1.82, 2.24) is 84.2 Å². The van der Waals surface area contributed by atoms with Crippen LogP contribution in [-0.2, 0) is 21.3 Å². The number of aryl methyl sites for hydroxylation is 1. The van der Waals surface area contributed by atoms with E-state index in [-0.39, 0.29) is 59.8 Å². The van der Waals surface area contributed by atoms with Gasteiger partial charge in [0.15, 0.2) is 17.5 Å². The Labute approximate surface area is 543 Å². The number of nitrogens with one attached hydrogen (secondary N) is 2.